The van der Waals surface area contributed by atoms with Gasteiger partial charge >= 0.3 is 0 Å². The molecule has 2 atom stereocenters. The van der Waals surface area contributed by atoms with Crippen molar-refractivity contribution in [3.8, 4) is 11.1 Å². The minimum absolute atomic E-state index is 0. The van der Waals surface area contributed by atoms with Crippen LogP contribution in [0.5, 0.6) is 0 Å². The topological polar surface area (TPSA) is 89.9 Å². The zero-order valence-electron chi connectivity index (χ0n) is 17.8. The van der Waals surface area contributed by atoms with E-state index in [0.29, 0.717) is 22.0 Å². The summed E-state index contributed by atoms with van der Waals surface area (Å²) >= 11 is 12.6. The fourth-order valence-electron chi connectivity index (χ4n) is 4.37. The largest absolute Gasteiger partial charge is 0.412 e. The third kappa shape index (κ3) is 4.87. The lowest BCUT2D eigenvalue weighted by Gasteiger charge is -2.42. The molecule has 0 radical (unpaired) electrons. The van der Waals surface area contributed by atoms with Gasteiger partial charge in [0.15, 0.2) is 0 Å². The highest BCUT2D eigenvalue weighted by Crippen LogP contribution is 2.39. The first-order valence-electron chi connectivity index (χ1n) is 9.86. The number of carbonyl (C=O) groups excluding carboxylic acids is 1. The lowest BCUT2D eigenvalue weighted by molar-refractivity contribution is -0.137. The summed E-state index contributed by atoms with van der Waals surface area (Å²) in [5.74, 6) is -0.103. The summed E-state index contributed by atoms with van der Waals surface area (Å²) in [7, 11) is 1.89. The van der Waals surface area contributed by atoms with Crippen molar-refractivity contribution in [2.75, 3.05) is 6.61 Å². The molecule has 6 nitrogen and oxygen atoms in total. The Morgan fingerprint density at radius 1 is 1.19 bits per heavy atom. The van der Waals surface area contributed by atoms with Crippen molar-refractivity contribution in [1.29, 1.82) is 0 Å². The minimum Gasteiger partial charge on any atom is -0.412 e. The van der Waals surface area contributed by atoms with Crippen molar-refractivity contribution in [3.05, 3.63) is 75.5 Å². The molecule has 0 unspecified atom stereocenters. The molecule has 4 rings (SSSR count). The van der Waals surface area contributed by atoms with Crippen molar-refractivity contribution in [3.63, 3.8) is 0 Å². The molecule has 1 aliphatic rings. The predicted molar refractivity (Wildman–Crippen MR) is 133 cm³/mol. The molecule has 3 aromatic rings. The van der Waals surface area contributed by atoms with E-state index in [9.17, 15) is 9.90 Å². The molecule has 9 heteroatoms. The van der Waals surface area contributed by atoms with Crippen LogP contribution in [0.3, 0.4) is 0 Å². The average Bonchev–Trinajstić information content (AvgIpc) is 3.16. The lowest BCUT2D eigenvalue weighted by atomic mass is 9.84. The summed E-state index contributed by atoms with van der Waals surface area (Å²) in [6.07, 6.45) is 4.48. The molecule has 0 aliphatic carbocycles. The summed E-state index contributed by atoms with van der Waals surface area (Å²) in [5, 5.41) is 15.4. The van der Waals surface area contributed by atoms with E-state index in [1.165, 1.54) is 0 Å². The van der Waals surface area contributed by atoms with Gasteiger partial charge in [-0.15, -0.1) is 17.0 Å². The highest BCUT2D eigenvalue weighted by Gasteiger charge is 2.36. The van der Waals surface area contributed by atoms with Crippen LogP contribution in [-0.4, -0.2) is 43.8 Å². The number of halogens is 3. The molecule has 32 heavy (non-hydrogen) atoms. The quantitative estimate of drug-likeness (QED) is 0.535. The second kappa shape index (κ2) is 10.8. The second-order valence-electron chi connectivity index (χ2n) is 7.67. The Hall–Kier alpha value is -1.90. The number of aliphatic hydroxyl groups excluding tert-OH is 1. The van der Waals surface area contributed by atoms with E-state index in [1.54, 1.807) is 27.8 Å². The standard InChI is InChI=1S/C23H23Cl2N3O2.BrH.H2O/c1-14-17-5-3-6-18(15-11-26-27(2)12-15)19(17)9-16(13-29)28(14)23(30)10-20-21(24)7-4-8-22(20)25;;/h3-8,11-12,14,16,29H,9-10,13H2,1-2H3;1H;1H2/t14-,16+;;/m0../s1. The van der Waals surface area contributed by atoms with Crippen LogP contribution in [0.4, 0.5) is 0 Å². The molecule has 0 fully saturated rings. The molecular formula is C23H26BrCl2N3O3. The Morgan fingerprint density at radius 2 is 1.84 bits per heavy atom. The first kappa shape index (κ1) is 26.4. The summed E-state index contributed by atoms with van der Waals surface area (Å²) in [5.41, 5.74) is 4.97. The number of aromatic nitrogens is 2. The van der Waals surface area contributed by atoms with E-state index < -0.39 is 0 Å². The highest BCUT2D eigenvalue weighted by atomic mass is 79.9. The number of hydrogen-bond acceptors (Lipinski definition) is 3. The van der Waals surface area contributed by atoms with Gasteiger partial charge in [0.1, 0.15) is 0 Å². The first-order chi connectivity index (χ1) is 14.4. The number of nitrogens with zero attached hydrogens (tertiary/aromatic N) is 3. The molecule has 1 aliphatic heterocycles. The van der Waals surface area contributed by atoms with Gasteiger partial charge in [-0.05, 0) is 47.7 Å². The zero-order valence-corrected chi connectivity index (χ0v) is 21.0. The number of aliphatic hydroxyl groups is 1. The summed E-state index contributed by atoms with van der Waals surface area (Å²) < 4.78 is 1.77. The Bertz CT molecular complexity index is 1090. The van der Waals surface area contributed by atoms with Crippen LogP contribution in [0.15, 0.2) is 48.8 Å². The van der Waals surface area contributed by atoms with Gasteiger partial charge in [0.25, 0.3) is 0 Å². The van der Waals surface area contributed by atoms with E-state index in [1.807, 2.05) is 32.4 Å². The molecule has 3 N–H and O–H groups in total. The van der Waals surface area contributed by atoms with Crippen molar-refractivity contribution >= 4 is 46.1 Å². The Labute approximate surface area is 207 Å². The van der Waals surface area contributed by atoms with Gasteiger partial charge in [-0.1, -0.05) is 47.5 Å². The maximum atomic E-state index is 13.3. The summed E-state index contributed by atoms with van der Waals surface area (Å²) in [6.45, 7) is 1.88. The van der Waals surface area contributed by atoms with E-state index in [-0.39, 0.29) is 53.5 Å². The molecular weight excluding hydrogens is 517 g/mol. The number of rotatable bonds is 4. The predicted octanol–water partition coefficient (Wildman–Crippen LogP) is 4.20. The van der Waals surface area contributed by atoms with E-state index in [4.69, 9.17) is 23.2 Å². The molecule has 0 saturated carbocycles. The van der Waals surface area contributed by atoms with E-state index in [0.717, 1.165) is 22.3 Å². The van der Waals surface area contributed by atoms with Gasteiger partial charge in [0.2, 0.25) is 5.91 Å². The third-order valence-corrected chi connectivity index (χ3v) is 6.53. The van der Waals surface area contributed by atoms with Gasteiger partial charge in [-0.3, -0.25) is 9.48 Å². The SMILES string of the molecule is Br.C[C@H]1c2cccc(-c3cnn(C)c3)c2C[C@H](CO)N1C(=O)Cc1c(Cl)cccc1Cl.O. The molecule has 0 bridgehead atoms. The third-order valence-electron chi connectivity index (χ3n) is 5.82. The molecule has 0 spiro atoms. The van der Waals surface area contributed by atoms with Crippen LogP contribution >= 0.6 is 40.2 Å². The van der Waals surface area contributed by atoms with Gasteiger partial charge in [0, 0.05) is 28.9 Å². The van der Waals surface area contributed by atoms with Crippen LogP contribution in [0, 0.1) is 0 Å². The smallest absolute Gasteiger partial charge is 0.227 e. The monoisotopic (exact) mass is 541 g/mol. The number of aryl methyl sites for hydroxylation is 1. The Morgan fingerprint density at radius 3 is 2.44 bits per heavy atom. The van der Waals surface area contributed by atoms with Crippen LogP contribution in [0.25, 0.3) is 11.1 Å². The second-order valence-corrected chi connectivity index (χ2v) is 8.48. The highest BCUT2D eigenvalue weighted by molar-refractivity contribution is 8.93. The number of amides is 1. The summed E-state index contributed by atoms with van der Waals surface area (Å²) in [4.78, 5) is 15.1. The fraction of sp³-hybridized carbons (Fsp3) is 0.304. The first-order valence-corrected chi connectivity index (χ1v) is 10.6. The Balaban J connectivity index is 0.00000181. The number of carbonyl (C=O) groups is 1. The van der Waals surface area contributed by atoms with Gasteiger partial charge in [-0.25, -0.2) is 0 Å². The van der Waals surface area contributed by atoms with Crippen molar-refractivity contribution in [2.45, 2.75) is 31.8 Å². The van der Waals surface area contributed by atoms with Crippen molar-refractivity contribution < 1.29 is 15.4 Å². The van der Waals surface area contributed by atoms with Crippen LogP contribution in [0.2, 0.25) is 10.0 Å². The zero-order chi connectivity index (χ0) is 21.4. The fourth-order valence-corrected chi connectivity index (χ4v) is 4.90. The van der Waals surface area contributed by atoms with E-state index >= 15 is 0 Å². The van der Waals surface area contributed by atoms with Gasteiger partial charge in [0.05, 0.1) is 31.3 Å². The average molecular weight is 543 g/mol. The molecule has 2 aromatic carbocycles. The molecule has 1 amide bonds. The van der Waals surface area contributed by atoms with Gasteiger partial charge < -0.3 is 15.5 Å². The van der Waals surface area contributed by atoms with Crippen LogP contribution in [-0.2, 0) is 24.7 Å². The van der Waals surface area contributed by atoms with E-state index in [2.05, 4.69) is 17.2 Å². The Kier molecular flexibility index (Phi) is 8.90. The molecule has 1 aromatic heterocycles. The van der Waals surface area contributed by atoms with Crippen LogP contribution in [0.1, 0.15) is 29.7 Å². The summed E-state index contributed by atoms with van der Waals surface area (Å²) in [6, 6.07) is 10.8. The minimum atomic E-state index is -0.320. The molecule has 2 heterocycles. The lowest BCUT2D eigenvalue weighted by Crippen LogP contribution is -2.49. The molecule has 0 saturated heterocycles. The number of fused-ring (bicyclic) bond motifs is 1. The maximum absolute atomic E-state index is 13.3. The van der Waals surface area contributed by atoms with Crippen LogP contribution < -0.4 is 0 Å². The van der Waals surface area contributed by atoms with Gasteiger partial charge in [-0.2, -0.15) is 5.10 Å². The number of hydrogen-bond donors (Lipinski definition) is 1. The van der Waals surface area contributed by atoms with Crippen molar-refractivity contribution in [2.24, 2.45) is 7.05 Å². The maximum Gasteiger partial charge on any atom is 0.227 e. The number of benzene rings is 2. The molecule has 172 valence electrons. The normalized spacial score (nSPS) is 17.2. The van der Waals surface area contributed by atoms with Crippen molar-refractivity contribution in [1.82, 2.24) is 14.7 Å².